The third-order valence-corrected chi connectivity index (χ3v) is 5.35. The number of nitrogens with one attached hydrogen (secondary N) is 1. The van der Waals surface area contributed by atoms with E-state index in [9.17, 15) is 8.42 Å². The van der Waals surface area contributed by atoms with Crippen molar-refractivity contribution >= 4 is 9.84 Å². The van der Waals surface area contributed by atoms with Crippen LogP contribution in [0.3, 0.4) is 0 Å². The highest BCUT2D eigenvalue weighted by molar-refractivity contribution is 7.91. The van der Waals surface area contributed by atoms with Crippen LogP contribution in [0.2, 0.25) is 0 Å². The second-order valence-corrected chi connectivity index (χ2v) is 7.26. The van der Waals surface area contributed by atoms with Crippen molar-refractivity contribution in [3.63, 3.8) is 0 Å². The maximum Gasteiger partial charge on any atom is 0.150 e. The Balaban J connectivity index is 2.58. The Morgan fingerprint density at radius 1 is 1.41 bits per heavy atom. The predicted octanol–water partition coefficient (Wildman–Crippen LogP) is 1.21. The van der Waals surface area contributed by atoms with Crippen molar-refractivity contribution in [2.45, 2.75) is 43.9 Å². The van der Waals surface area contributed by atoms with Crippen LogP contribution in [0.1, 0.15) is 32.6 Å². The van der Waals surface area contributed by atoms with Gasteiger partial charge in [0, 0.05) is 18.9 Å². The van der Waals surface area contributed by atoms with E-state index in [4.69, 9.17) is 4.74 Å². The van der Waals surface area contributed by atoms with Crippen molar-refractivity contribution in [1.82, 2.24) is 5.32 Å². The highest BCUT2D eigenvalue weighted by Gasteiger charge is 2.32. The largest absolute Gasteiger partial charge is 0.380 e. The normalized spacial score (nSPS) is 27.9. The molecule has 0 aromatic heterocycles. The molecule has 0 aromatic rings. The van der Waals surface area contributed by atoms with Gasteiger partial charge in [-0.3, -0.25) is 0 Å². The van der Waals surface area contributed by atoms with Gasteiger partial charge in [0.15, 0.2) is 0 Å². The zero-order valence-corrected chi connectivity index (χ0v) is 11.9. The smallest absolute Gasteiger partial charge is 0.150 e. The lowest BCUT2D eigenvalue weighted by Gasteiger charge is -2.33. The third kappa shape index (κ3) is 4.56. The summed E-state index contributed by atoms with van der Waals surface area (Å²) in [6.07, 6.45) is 5.06. The number of sulfone groups is 1. The van der Waals surface area contributed by atoms with Gasteiger partial charge in [-0.1, -0.05) is 6.42 Å². The molecule has 0 bridgehead atoms. The maximum absolute atomic E-state index is 11.6. The Morgan fingerprint density at radius 2 is 2.12 bits per heavy atom. The van der Waals surface area contributed by atoms with E-state index in [0.29, 0.717) is 19.1 Å². The third-order valence-electron chi connectivity index (χ3n) is 3.71. The van der Waals surface area contributed by atoms with Crippen LogP contribution in [0.4, 0.5) is 0 Å². The molecule has 0 heterocycles. The van der Waals surface area contributed by atoms with E-state index in [2.05, 4.69) is 5.32 Å². The molecular formula is C12H25NO3S. The molecule has 1 N–H and O–H groups in total. The number of rotatable bonds is 6. The van der Waals surface area contributed by atoms with Crippen LogP contribution < -0.4 is 5.32 Å². The summed E-state index contributed by atoms with van der Waals surface area (Å²) in [7, 11) is -0.965. The summed E-state index contributed by atoms with van der Waals surface area (Å²) in [5, 5.41) is 3.10. The van der Waals surface area contributed by atoms with Crippen molar-refractivity contribution in [2.24, 2.45) is 5.92 Å². The Kier molecular flexibility index (Phi) is 5.89. The van der Waals surface area contributed by atoms with E-state index in [0.717, 1.165) is 25.7 Å². The zero-order chi connectivity index (χ0) is 12.9. The fraction of sp³-hybridized carbons (Fsp3) is 1.00. The highest BCUT2D eigenvalue weighted by atomic mass is 32.2. The summed E-state index contributed by atoms with van der Waals surface area (Å²) in [5.74, 6) is 0.417. The van der Waals surface area contributed by atoms with Gasteiger partial charge in [0.1, 0.15) is 9.84 Å². The summed E-state index contributed by atoms with van der Waals surface area (Å²) in [6, 6.07) is 0.277. The van der Waals surface area contributed by atoms with Gasteiger partial charge in [0.25, 0.3) is 0 Å². The van der Waals surface area contributed by atoms with E-state index in [1.165, 1.54) is 6.26 Å². The lowest BCUT2D eigenvalue weighted by atomic mass is 9.84. The van der Waals surface area contributed by atoms with E-state index in [1.807, 2.05) is 14.0 Å². The average Bonchev–Trinajstić information content (AvgIpc) is 2.29. The summed E-state index contributed by atoms with van der Waals surface area (Å²) in [5.41, 5.74) is 0. The molecular weight excluding hydrogens is 238 g/mol. The van der Waals surface area contributed by atoms with Gasteiger partial charge in [0.05, 0.1) is 11.9 Å². The molecule has 1 aliphatic rings. The molecule has 0 spiro atoms. The molecule has 0 aromatic carbocycles. The van der Waals surface area contributed by atoms with Crippen LogP contribution in [0.5, 0.6) is 0 Å². The molecule has 5 heteroatoms. The summed E-state index contributed by atoms with van der Waals surface area (Å²) < 4.78 is 28.7. The predicted molar refractivity (Wildman–Crippen MR) is 69.9 cm³/mol. The monoisotopic (exact) mass is 263 g/mol. The summed E-state index contributed by atoms with van der Waals surface area (Å²) in [6.45, 7) is 3.36. The van der Waals surface area contributed by atoms with Crippen molar-refractivity contribution in [3.8, 4) is 0 Å². The first-order valence-electron chi connectivity index (χ1n) is 6.42. The van der Waals surface area contributed by atoms with E-state index in [1.54, 1.807) is 0 Å². The quantitative estimate of drug-likeness (QED) is 0.783. The number of hydrogen-bond acceptors (Lipinski definition) is 4. The van der Waals surface area contributed by atoms with Gasteiger partial charge in [0.2, 0.25) is 0 Å². The minimum absolute atomic E-state index is 0.154. The maximum atomic E-state index is 11.6. The summed E-state index contributed by atoms with van der Waals surface area (Å²) >= 11 is 0. The fourth-order valence-electron chi connectivity index (χ4n) is 2.64. The van der Waals surface area contributed by atoms with Crippen molar-refractivity contribution in [1.29, 1.82) is 0 Å². The first-order valence-corrected chi connectivity index (χ1v) is 8.38. The lowest BCUT2D eigenvalue weighted by molar-refractivity contribution is 0.0965. The molecule has 1 rings (SSSR count). The van der Waals surface area contributed by atoms with Crippen LogP contribution in [0.25, 0.3) is 0 Å². The van der Waals surface area contributed by atoms with Gasteiger partial charge >= 0.3 is 0 Å². The van der Waals surface area contributed by atoms with E-state index >= 15 is 0 Å². The Hall–Kier alpha value is -0.130. The molecule has 1 saturated carbocycles. The highest BCUT2D eigenvalue weighted by Crippen LogP contribution is 2.30. The standard InChI is InChI=1S/C12H25NO3S/c1-4-16-9-12(13-2)10-6-5-7-11(8-10)17(3,14)15/h10-13H,4-9H2,1-3H3. The van der Waals surface area contributed by atoms with Crippen LogP contribution in [-0.4, -0.2) is 46.2 Å². The van der Waals surface area contributed by atoms with Crippen molar-refractivity contribution < 1.29 is 13.2 Å². The van der Waals surface area contributed by atoms with Gasteiger partial charge in [-0.05, 0) is 39.2 Å². The van der Waals surface area contributed by atoms with E-state index < -0.39 is 9.84 Å². The Bertz CT molecular complexity index is 316. The van der Waals surface area contributed by atoms with Crippen LogP contribution in [0, 0.1) is 5.92 Å². The van der Waals surface area contributed by atoms with Crippen molar-refractivity contribution in [3.05, 3.63) is 0 Å². The fourth-order valence-corrected chi connectivity index (χ4v) is 3.83. The van der Waals surface area contributed by atoms with Crippen molar-refractivity contribution in [2.75, 3.05) is 26.5 Å². The van der Waals surface area contributed by atoms with Crippen LogP contribution in [0.15, 0.2) is 0 Å². The SMILES string of the molecule is CCOCC(NC)C1CCCC(S(C)(=O)=O)C1. The second kappa shape index (κ2) is 6.71. The first-order chi connectivity index (χ1) is 7.99. The topological polar surface area (TPSA) is 55.4 Å². The van der Waals surface area contributed by atoms with E-state index in [-0.39, 0.29) is 11.3 Å². The molecule has 1 fully saturated rings. The molecule has 0 amide bonds. The molecule has 17 heavy (non-hydrogen) atoms. The Morgan fingerprint density at radius 3 is 2.65 bits per heavy atom. The van der Waals surface area contributed by atoms with Gasteiger partial charge in [-0.15, -0.1) is 0 Å². The first kappa shape index (κ1) is 14.9. The second-order valence-electron chi connectivity index (χ2n) is 4.93. The molecule has 0 saturated heterocycles. The number of likely N-dealkylation sites (N-methyl/N-ethyl adjacent to an activating group) is 1. The molecule has 0 aliphatic heterocycles. The minimum Gasteiger partial charge on any atom is -0.380 e. The zero-order valence-electron chi connectivity index (χ0n) is 11.1. The molecule has 102 valence electrons. The lowest BCUT2D eigenvalue weighted by Crippen LogP contribution is -2.42. The molecule has 3 atom stereocenters. The number of hydrogen-bond donors (Lipinski definition) is 1. The number of ether oxygens (including phenoxy) is 1. The van der Waals surface area contributed by atoms with Crippen LogP contribution in [-0.2, 0) is 14.6 Å². The van der Waals surface area contributed by atoms with Gasteiger partial charge in [-0.25, -0.2) is 8.42 Å². The van der Waals surface area contributed by atoms with Crippen LogP contribution >= 0.6 is 0 Å². The minimum atomic E-state index is -2.89. The molecule has 3 unspecified atom stereocenters. The molecule has 0 radical (unpaired) electrons. The molecule has 4 nitrogen and oxygen atoms in total. The Labute approximate surface area is 105 Å². The molecule has 1 aliphatic carbocycles. The summed E-state index contributed by atoms with van der Waals surface area (Å²) in [4.78, 5) is 0. The van der Waals surface area contributed by atoms with Gasteiger partial charge < -0.3 is 10.1 Å². The average molecular weight is 263 g/mol. The van der Waals surface area contributed by atoms with Gasteiger partial charge in [-0.2, -0.15) is 0 Å².